The van der Waals surface area contributed by atoms with Crippen molar-refractivity contribution < 1.29 is 10.0 Å². The van der Waals surface area contributed by atoms with E-state index in [9.17, 15) is 10.1 Å². The lowest BCUT2D eigenvalue weighted by atomic mass is 10.1. The highest BCUT2D eigenvalue weighted by atomic mass is 16.6. The van der Waals surface area contributed by atoms with Crippen molar-refractivity contribution >= 4 is 22.3 Å². The Balaban J connectivity index is 2.23. The van der Waals surface area contributed by atoms with Crippen LogP contribution < -0.4 is 5.32 Å². The van der Waals surface area contributed by atoms with Crippen molar-refractivity contribution in [3.63, 3.8) is 0 Å². The smallest absolute Gasteiger partial charge is 0.270 e. The number of non-ortho nitro benzene ring substituents is 1. The predicted octanol–water partition coefficient (Wildman–Crippen LogP) is 3.03. The van der Waals surface area contributed by atoms with Crippen LogP contribution in [0.2, 0.25) is 0 Å². The van der Waals surface area contributed by atoms with Crippen molar-refractivity contribution in [2.24, 2.45) is 0 Å². The van der Waals surface area contributed by atoms with Crippen LogP contribution in [0, 0.1) is 17.0 Å². The minimum Gasteiger partial charge on any atom is -0.396 e. The number of anilines is 1. The summed E-state index contributed by atoms with van der Waals surface area (Å²) in [6.45, 7) is 2.88. The van der Waals surface area contributed by atoms with Gasteiger partial charge in [-0.15, -0.1) is 0 Å². The first-order valence-corrected chi connectivity index (χ1v) is 7.02. The second-order valence-electron chi connectivity index (χ2n) is 4.98. The minimum absolute atomic E-state index is 0.0662. The van der Waals surface area contributed by atoms with E-state index in [2.05, 4.69) is 10.3 Å². The number of rotatable bonds is 7. The lowest BCUT2D eigenvalue weighted by Gasteiger charge is -2.10. The summed E-state index contributed by atoms with van der Waals surface area (Å²) in [6.07, 6.45) is 2.69. The molecule has 0 atom stereocenters. The number of aryl methyl sites for hydroxylation is 1. The van der Waals surface area contributed by atoms with Gasteiger partial charge in [0.2, 0.25) is 0 Å². The monoisotopic (exact) mass is 289 g/mol. The van der Waals surface area contributed by atoms with Crippen molar-refractivity contribution in [3.05, 3.63) is 40.1 Å². The third-order valence-electron chi connectivity index (χ3n) is 3.28. The molecule has 0 fully saturated rings. The number of hydrogen-bond acceptors (Lipinski definition) is 5. The fraction of sp³-hybridized carbons (Fsp3) is 0.400. The summed E-state index contributed by atoms with van der Waals surface area (Å²) in [5.41, 5.74) is 2.55. The second kappa shape index (κ2) is 6.99. The molecule has 0 aliphatic rings. The molecule has 0 amide bonds. The number of unbranched alkanes of at least 4 members (excludes halogenated alkanes) is 2. The van der Waals surface area contributed by atoms with E-state index in [-0.39, 0.29) is 12.3 Å². The summed E-state index contributed by atoms with van der Waals surface area (Å²) in [6, 6.07) is 6.60. The first kappa shape index (κ1) is 15.2. The van der Waals surface area contributed by atoms with E-state index in [0.717, 1.165) is 48.1 Å². The largest absolute Gasteiger partial charge is 0.396 e. The van der Waals surface area contributed by atoms with Gasteiger partial charge in [-0.2, -0.15) is 0 Å². The first-order valence-electron chi connectivity index (χ1n) is 7.02. The molecule has 112 valence electrons. The average Bonchev–Trinajstić information content (AvgIpc) is 2.46. The Morgan fingerprint density at radius 2 is 2.10 bits per heavy atom. The van der Waals surface area contributed by atoms with E-state index < -0.39 is 4.92 Å². The highest BCUT2D eigenvalue weighted by Gasteiger charge is 2.10. The number of nitrogens with zero attached hydrogens (tertiary/aromatic N) is 2. The van der Waals surface area contributed by atoms with Gasteiger partial charge < -0.3 is 10.4 Å². The zero-order valence-corrected chi connectivity index (χ0v) is 12.0. The summed E-state index contributed by atoms with van der Waals surface area (Å²) < 4.78 is 0. The molecule has 0 bridgehead atoms. The maximum atomic E-state index is 10.9. The number of fused-ring (bicyclic) bond motifs is 1. The highest BCUT2D eigenvalue weighted by molar-refractivity contribution is 5.93. The van der Waals surface area contributed by atoms with Gasteiger partial charge in [0.1, 0.15) is 0 Å². The summed E-state index contributed by atoms with van der Waals surface area (Å²) in [4.78, 5) is 14.9. The Hall–Kier alpha value is -2.21. The third kappa shape index (κ3) is 3.88. The van der Waals surface area contributed by atoms with E-state index in [0.29, 0.717) is 0 Å². The van der Waals surface area contributed by atoms with Crippen molar-refractivity contribution in [1.82, 2.24) is 4.98 Å². The van der Waals surface area contributed by atoms with E-state index in [1.807, 2.05) is 13.0 Å². The van der Waals surface area contributed by atoms with Crippen molar-refractivity contribution in [2.45, 2.75) is 26.2 Å². The summed E-state index contributed by atoms with van der Waals surface area (Å²) in [5, 5.41) is 23.7. The van der Waals surface area contributed by atoms with Crippen LogP contribution in [0.25, 0.3) is 10.9 Å². The first-order chi connectivity index (χ1) is 10.1. The maximum Gasteiger partial charge on any atom is 0.270 e. The number of aromatic nitrogens is 1. The van der Waals surface area contributed by atoms with Gasteiger partial charge >= 0.3 is 0 Å². The van der Waals surface area contributed by atoms with Crippen LogP contribution in [-0.2, 0) is 0 Å². The molecular formula is C15H19N3O3. The Morgan fingerprint density at radius 1 is 1.29 bits per heavy atom. The van der Waals surface area contributed by atoms with Crippen LogP contribution in [0.15, 0.2) is 24.3 Å². The zero-order valence-electron chi connectivity index (χ0n) is 12.0. The molecule has 1 aromatic carbocycles. The highest BCUT2D eigenvalue weighted by Crippen LogP contribution is 2.27. The van der Waals surface area contributed by atoms with Gasteiger partial charge in [0.05, 0.1) is 10.4 Å². The van der Waals surface area contributed by atoms with Gasteiger partial charge in [0.25, 0.3) is 5.69 Å². The van der Waals surface area contributed by atoms with Crippen molar-refractivity contribution in [1.29, 1.82) is 0 Å². The average molecular weight is 289 g/mol. The Kier molecular flexibility index (Phi) is 5.05. The van der Waals surface area contributed by atoms with Crippen molar-refractivity contribution in [3.8, 4) is 0 Å². The molecule has 0 aliphatic heterocycles. The van der Waals surface area contributed by atoms with Gasteiger partial charge in [0, 0.05) is 42.1 Å². The molecule has 0 unspecified atom stereocenters. The molecular weight excluding hydrogens is 270 g/mol. The quantitative estimate of drug-likeness (QED) is 0.464. The summed E-state index contributed by atoms with van der Waals surface area (Å²) >= 11 is 0. The normalized spacial score (nSPS) is 10.8. The van der Waals surface area contributed by atoms with Crippen molar-refractivity contribution in [2.75, 3.05) is 18.5 Å². The number of nitro groups is 1. The van der Waals surface area contributed by atoms with E-state index in [1.165, 1.54) is 6.07 Å². The van der Waals surface area contributed by atoms with Gasteiger partial charge in [-0.1, -0.05) is 0 Å². The molecule has 2 N–H and O–H groups in total. The molecule has 0 radical (unpaired) electrons. The topological polar surface area (TPSA) is 88.3 Å². The predicted molar refractivity (Wildman–Crippen MR) is 82.6 cm³/mol. The van der Waals surface area contributed by atoms with Gasteiger partial charge in [0.15, 0.2) is 0 Å². The number of hydrogen-bond donors (Lipinski definition) is 2. The fourth-order valence-electron chi connectivity index (χ4n) is 2.24. The third-order valence-corrected chi connectivity index (χ3v) is 3.28. The number of pyridine rings is 1. The second-order valence-corrected chi connectivity index (χ2v) is 4.98. The molecule has 6 heteroatoms. The van der Waals surface area contributed by atoms with Crippen LogP contribution >= 0.6 is 0 Å². The molecule has 21 heavy (non-hydrogen) atoms. The summed E-state index contributed by atoms with van der Waals surface area (Å²) in [5.74, 6) is 0. The van der Waals surface area contributed by atoms with Crippen LogP contribution in [0.3, 0.4) is 0 Å². The lowest BCUT2D eigenvalue weighted by molar-refractivity contribution is -0.384. The fourth-order valence-corrected chi connectivity index (χ4v) is 2.24. The molecule has 0 saturated heterocycles. The van der Waals surface area contributed by atoms with Crippen LogP contribution in [0.5, 0.6) is 0 Å². The van der Waals surface area contributed by atoms with E-state index in [4.69, 9.17) is 5.11 Å². The minimum atomic E-state index is -0.398. The Bertz CT molecular complexity index is 643. The molecule has 1 heterocycles. The molecule has 6 nitrogen and oxygen atoms in total. The number of nitro benzene ring substituents is 1. The maximum absolute atomic E-state index is 10.9. The van der Waals surface area contributed by atoms with Crippen LogP contribution in [-0.4, -0.2) is 28.2 Å². The Labute approximate surface area is 123 Å². The standard InChI is InChI=1S/C15H19N3O3/c1-11-9-15(16-7-3-2-4-8-19)13-10-12(18(20)21)5-6-14(13)17-11/h5-6,9-10,19H,2-4,7-8H2,1H3,(H,16,17). The molecule has 0 spiro atoms. The van der Waals surface area contributed by atoms with Gasteiger partial charge in [-0.05, 0) is 38.3 Å². The number of aliphatic hydroxyl groups is 1. The molecule has 1 aromatic heterocycles. The van der Waals surface area contributed by atoms with Crippen LogP contribution in [0.1, 0.15) is 25.0 Å². The van der Waals surface area contributed by atoms with Gasteiger partial charge in [-0.3, -0.25) is 15.1 Å². The molecule has 2 aromatic rings. The van der Waals surface area contributed by atoms with E-state index in [1.54, 1.807) is 12.1 Å². The number of benzene rings is 1. The van der Waals surface area contributed by atoms with E-state index >= 15 is 0 Å². The summed E-state index contributed by atoms with van der Waals surface area (Å²) in [7, 11) is 0. The number of aliphatic hydroxyl groups excluding tert-OH is 1. The Morgan fingerprint density at radius 3 is 2.81 bits per heavy atom. The lowest BCUT2D eigenvalue weighted by Crippen LogP contribution is -2.03. The molecule has 2 rings (SSSR count). The van der Waals surface area contributed by atoms with Gasteiger partial charge in [-0.25, -0.2) is 0 Å². The zero-order chi connectivity index (χ0) is 15.2. The SMILES string of the molecule is Cc1cc(NCCCCCO)c2cc([N+](=O)[O-])ccc2n1. The number of nitrogens with one attached hydrogen (secondary N) is 1. The molecule has 0 aliphatic carbocycles. The van der Waals surface area contributed by atoms with Crippen LogP contribution in [0.4, 0.5) is 11.4 Å². The molecule has 0 saturated carbocycles.